The second-order valence-electron chi connectivity index (χ2n) is 18.7. The number of hydrogen-bond acceptors (Lipinski definition) is 19. The van der Waals surface area contributed by atoms with Crippen molar-refractivity contribution in [3.8, 4) is 45.9 Å². The summed E-state index contributed by atoms with van der Waals surface area (Å²) in [5.41, 5.74) is 23.1. The molecule has 0 amide bonds. The number of oxazole rings is 3. The number of halogens is 2. The molecule has 8 aromatic carbocycles. The standard InChI is InChI=1S/C15H13IN2O.C15H13N3O3.C15H15N3O.C9H11NO2.C6H6N2O3.HI.K/c1-18(2)12-6-3-10(4-7-12)15-17-13-8-5-11(16)9-14(13)19-15;1-17(2)11-5-3-10(4-6-11)15-16-13-8-7-12(18(19)20)9-14(13)21-15;1-18(2)12-6-3-10(4-7-12)15-17-13-8-5-11(16)9-14(13)19-15;1-10(2)8-3-5-9(6-4-8)12-7-11;7-5-2-1-4(8(10)11)3-6(5)9;;/h3-9H,1-2H3;3-9H,1-2H3;3-9H,16H2,1-2H3;3-7H,1-2H3;1-3,9H,7H2;1H;/q;;;;;;+1/p-1. The molecule has 5 N–H and O–H groups in total. The minimum absolute atomic E-state index is 0. The SMILES string of the molecule is CN(C)c1ccc(-c2nc3ccc(I)cc3o2)cc1.CN(C)c1ccc(-c2nc3ccc(N)cc3o2)cc1.CN(C)c1ccc(-c2nc3ccc([N+](=O)[O-])cc3o2)cc1.CN(C)c1ccc(OC=O)cc1.Nc1ccc([N+](=O)[O-])cc1O.[I-].[K+]. The van der Waals surface area contributed by atoms with Crippen LogP contribution in [-0.2, 0) is 4.79 Å². The molecule has 0 aliphatic rings. The molecule has 0 radical (unpaired) electrons. The number of carbonyl (C=O) groups excluding carboxylic acids is 1. The number of fused-ring (bicyclic) bond motifs is 3. The van der Waals surface area contributed by atoms with E-state index in [0.29, 0.717) is 52.3 Å². The van der Waals surface area contributed by atoms with Gasteiger partial charge >= 0.3 is 51.4 Å². The molecule has 3 heterocycles. The summed E-state index contributed by atoms with van der Waals surface area (Å²) in [5.74, 6) is 2.04. The summed E-state index contributed by atoms with van der Waals surface area (Å²) in [5, 5.41) is 29.8. The molecular formula is C60H58I2KN11O10. The molecule has 0 saturated carbocycles. The number of nitrogens with two attached hydrogens (primary N) is 2. The average molecular weight is 1390 g/mol. The molecule has 0 aliphatic carbocycles. The third-order valence-corrected chi connectivity index (χ3v) is 12.7. The molecule has 24 heteroatoms. The molecule has 0 atom stereocenters. The zero-order chi connectivity index (χ0) is 59.2. The van der Waals surface area contributed by atoms with E-state index in [9.17, 15) is 25.0 Å². The Labute approximate surface area is 557 Å². The number of ether oxygens (including phenoxy) is 1. The molecule has 0 unspecified atom stereocenters. The van der Waals surface area contributed by atoms with Gasteiger partial charge in [-0.1, -0.05) is 0 Å². The normalized spacial score (nSPS) is 10.2. The molecule has 84 heavy (non-hydrogen) atoms. The molecule has 428 valence electrons. The van der Waals surface area contributed by atoms with Crippen molar-refractivity contribution in [1.29, 1.82) is 0 Å². The number of aromatic nitrogens is 3. The van der Waals surface area contributed by atoms with Gasteiger partial charge in [0.25, 0.3) is 17.8 Å². The monoisotopic (exact) mass is 1390 g/mol. The van der Waals surface area contributed by atoms with Crippen molar-refractivity contribution in [2.45, 2.75) is 0 Å². The summed E-state index contributed by atoms with van der Waals surface area (Å²) in [7, 11) is 15.9. The molecule has 0 saturated heterocycles. The van der Waals surface area contributed by atoms with Gasteiger partial charge in [-0.15, -0.1) is 0 Å². The van der Waals surface area contributed by atoms with Crippen molar-refractivity contribution in [3.05, 3.63) is 194 Å². The predicted octanol–water partition coefficient (Wildman–Crippen LogP) is 6.96. The van der Waals surface area contributed by atoms with E-state index < -0.39 is 9.85 Å². The van der Waals surface area contributed by atoms with Gasteiger partial charge in [0, 0.05) is 123 Å². The van der Waals surface area contributed by atoms with Gasteiger partial charge < -0.3 is 78.1 Å². The van der Waals surface area contributed by atoms with Crippen molar-refractivity contribution in [2.75, 3.05) is 87.4 Å². The number of hydrogen-bond donors (Lipinski definition) is 3. The summed E-state index contributed by atoms with van der Waals surface area (Å²) in [6.45, 7) is 0.421. The van der Waals surface area contributed by atoms with Crippen LogP contribution in [0.3, 0.4) is 0 Å². The number of non-ortho nitro benzene ring substituents is 2. The number of nitrogen functional groups attached to an aromatic ring is 2. The van der Waals surface area contributed by atoms with Crippen molar-refractivity contribution in [3.63, 3.8) is 0 Å². The number of benzene rings is 8. The first-order valence-corrected chi connectivity index (χ1v) is 25.9. The molecule has 0 spiro atoms. The molecule has 0 aliphatic heterocycles. The van der Waals surface area contributed by atoms with Crippen molar-refractivity contribution < 1.29 is 113 Å². The second-order valence-corrected chi connectivity index (χ2v) is 20.0. The third kappa shape index (κ3) is 18.3. The second kappa shape index (κ2) is 31.2. The Hall–Kier alpha value is -7.86. The van der Waals surface area contributed by atoms with Gasteiger partial charge in [-0.2, -0.15) is 0 Å². The Morgan fingerprint density at radius 1 is 0.500 bits per heavy atom. The number of carbonyl (C=O) groups is 1. The summed E-state index contributed by atoms with van der Waals surface area (Å²) < 4.78 is 22.9. The minimum atomic E-state index is -0.598. The van der Waals surface area contributed by atoms with Crippen molar-refractivity contribution in [1.82, 2.24) is 15.0 Å². The Morgan fingerprint density at radius 2 is 0.845 bits per heavy atom. The van der Waals surface area contributed by atoms with Gasteiger partial charge in [0.2, 0.25) is 17.7 Å². The first kappa shape index (κ1) is 66.9. The fourth-order valence-corrected chi connectivity index (χ4v) is 7.93. The van der Waals surface area contributed by atoms with E-state index >= 15 is 0 Å². The fraction of sp³-hybridized carbons (Fsp3) is 0.133. The first-order valence-electron chi connectivity index (χ1n) is 24.9. The summed E-state index contributed by atoms with van der Waals surface area (Å²) >= 11 is 2.27. The molecule has 11 aromatic rings. The first-order chi connectivity index (χ1) is 39.1. The van der Waals surface area contributed by atoms with Crippen LogP contribution >= 0.6 is 22.6 Å². The van der Waals surface area contributed by atoms with Crippen LogP contribution in [0.5, 0.6) is 11.5 Å². The molecular weight excluding hydrogens is 1330 g/mol. The van der Waals surface area contributed by atoms with Gasteiger partial charge in [-0.25, -0.2) is 15.0 Å². The molecule has 0 bridgehead atoms. The minimum Gasteiger partial charge on any atom is -1.00 e. The average Bonchev–Trinajstić information content (AvgIpc) is 4.44. The van der Waals surface area contributed by atoms with Crippen LogP contribution in [0, 0.1) is 23.8 Å². The smallest absolute Gasteiger partial charge is 1.00 e. The summed E-state index contributed by atoms with van der Waals surface area (Å²) in [4.78, 5) is 51.2. The number of rotatable bonds is 11. The molecule has 21 nitrogen and oxygen atoms in total. The van der Waals surface area contributed by atoms with Crippen LogP contribution in [-0.4, -0.2) is 92.8 Å². The third-order valence-electron chi connectivity index (χ3n) is 12.0. The van der Waals surface area contributed by atoms with E-state index in [1.165, 1.54) is 24.3 Å². The molecule has 11 rings (SSSR count). The number of phenolic OH excluding ortho intramolecular Hbond substituents is 1. The zero-order valence-electron chi connectivity index (χ0n) is 47.3. The van der Waals surface area contributed by atoms with Crippen LogP contribution in [0.25, 0.3) is 67.7 Å². The van der Waals surface area contributed by atoms with E-state index in [1.807, 2.05) is 169 Å². The van der Waals surface area contributed by atoms with E-state index in [-0.39, 0.29) is 98.2 Å². The maximum absolute atomic E-state index is 10.8. The quantitative estimate of drug-likeness (QED) is 0.0225. The number of anilines is 6. The molecule has 3 aromatic heterocycles. The fourth-order valence-electron chi connectivity index (χ4n) is 7.47. The maximum atomic E-state index is 10.8. The van der Waals surface area contributed by atoms with E-state index in [1.54, 1.807) is 24.3 Å². The van der Waals surface area contributed by atoms with Gasteiger partial charge in [0.15, 0.2) is 16.7 Å². The summed E-state index contributed by atoms with van der Waals surface area (Å²) in [6, 6.07) is 50.7. The Balaban J connectivity index is 0.000000195. The van der Waals surface area contributed by atoms with E-state index in [4.69, 9.17) is 29.8 Å². The topological polar surface area (TPSA) is 276 Å². The molecule has 0 fully saturated rings. The van der Waals surface area contributed by atoms with E-state index in [0.717, 1.165) is 65.7 Å². The zero-order valence-corrected chi connectivity index (χ0v) is 54.7. The van der Waals surface area contributed by atoms with Crippen LogP contribution in [0.4, 0.5) is 45.5 Å². The number of nitro benzene ring substituents is 2. The van der Waals surface area contributed by atoms with Gasteiger partial charge in [0.05, 0.1) is 27.7 Å². The van der Waals surface area contributed by atoms with Crippen LogP contribution in [0.15, 0.2) is 183 Å². The Kier molecular flexibility index (Phi) is 24.8. The number of nitro groups is 2. The van der Waals surface area contributed by atoms with Crippen LogP contribution in [0.1, 0.15) is 0 Å². The van der Waals surface area contributed by atoms with Crippen molar-refractivity contribution in [2.24, 2.45) is 0 Å². The Morgan fingerprint density at radius 3 is 1.23 bits per heavy atom. The van der Waals surface area contributed by atoms with Crippen LogP contribution < -0.4 is 111 Å². The number of phenols is 1. The van der Waals surface area contributed by atoms with Gasteiger partial charge in [-0.05, 0) is 162 Å². The van der Waals surface area contributed by atoms with Gasteiger partial charge in [-0.3, -0.25) is 25.0 Å². The van der Waals surface area contributed by atoms with Crippen molar-refractivity contribution >= 4 is 108 Å². The van der Waals surface area contributed by atoms with Crippen LogP contribution in [0.2, 0.25) is 0 Å². The largest absolute Gasteiger partial charge is 1.00 e. The Bertz CT molecular complexity index is 3830. The maximum Gasteiger partial charge on any atom is 1.00 e. The van der Waals surface area contributed by atoms with E-state index in [2.05, 4.69) is 64.2 Å². The van der Waals surface area contributed by atoms with Gasteiger partial charge in [0.1, 0.15) is 28.0 Å². The summed E-state index contributed by atoms with van der Waals surface area (Å²) in [6.07, 6.45) is 0. The number of aromatic hydroxyl groups is 1. The predicted molar refractivity (Wildman–Crippen MR) is 332 cm³/mol. The number of nitrogens with zero attached hydrogens (tertiary/aromatic N) is 9.